The van der Waals surface area contributed by atoms with Crippen LogP contribution in [0.5, 0.6) is 0 Å². The van der Waals surface area contributed by atoms with Gasteiger partial charge in [0.1, 0.15) is 23.9 Å². The smallest absolute Gasteiger partial charge is 0.346 e. The molecule has 0 spiro atoms. The highest BCUT2D eigenvalue weighted by Crippen LogP contribution is 2.55. The van der Waals surface area contributed by atoms with E-state index in [1.807, 2.05) is 5.32 Å². The van der Waals surface area contributed by atoms with E-state index >= 15 is 0 Å². The summed E-state index contributed by atoms with van der Waals surface area (Å²) in [4.78, 5) is 47.7. The summed E-state index contributed by atoms with van der Waals surface area (Å²) in [6, 6.07) is 4.51. The largest absolute Gasteiger partial charge is 0.480 e. The molecule has 0 aliphatic rings. The van der Waals surface area contributed by atoms with Gasteiger partial charge in [0.2, 0.25) is 11.8 Å². The minimum atomic E-state index is -4.50. The zero-order chi connectivity index (χ0) is 35.6. The van der Waals surface area contributed by atoms with Crippen molar-refractivity contribution in [3.63, 3.8) is 0 Å². The molecule has 21 heteroatoms. The summed E-state index contributed by atoms with van der Waals surface area (Å²) >= 11 is 23.9. The first kappa shape index (κ1) is 43.3. The molecule has 2 unspecified atom stereocenters. The van der Waals surface area contributed by atoms with E-state index in [0.717, 1.165) is 0 Å². The lowest BCUT2D eigenvalue weighted by atomic mass is 10.1. The van der Waals surface area contributed by atoms with E-state index < -0.39 is 83.9 Å². The van der Waals surface area contributed by atoms with Crippen LogP contribution in [0.25, 0.3) is 0 Å². The van der Waals surface area contributed by atoms with E-state index in [-0.39, 0.29) is 61.7 Å². The van der Waals surface area contributed by atoms with E-state index in [9.17, 15) is 32.2 Å². The van der Waals surface area contributed by atoms with Crippen LogP contribution in [0.3, 0.4) is 0 Å². The molecule has 1 aromatic carbocycles. The van der Waals surface area contributed by atoms with Crippen LogP contribution >= 0.6 is 54.1 Å². The first-order valence-electron chi connectivity index (χ1n) is 14.2. The molecule has 0 saturated carbocycles. The molecule has 0 saturated heterocycles. The van der Waals surface area contributed by atoms with Crippen LogP contribution in [0, 0.1) is 0 Å². The Balaban J connectivity index is 3.55. The number of carboxylic acid groups (broad SMARTS) is 2. The Morgan fingerprint density at radius 1 is 0.915 bits per heavy atom. The second-order valence-electron chi connectivity index (χ2n) is 9.89. The van der Waals surface area contributed by atoms with Gasteiger partial charge >= 0.3 is 19.6 Å². The van der Waals surface area contributed by atoms with Gasteiger partial charge in [0, 0.05) is 56.1 Å². The summed E-state index contributed by atoms with van der Waals surface area (Å²) in [7, 11) is -8.58. The number of amides is 2. The van der Waals surface area contributed by atoms with Gasteiger partial charge in [0.05, 0.1) is 12.4 Å². The molecule has 268 valence electrons. The molecule has 3 atom stereocenters. The van der Waals surface area contributed by atoms with Crippen LogP contribution in [0.1, 0.15) is 23.7 Å². The third kappa shape index (κ3) is 14.7. The Labute approximate surface area is 293 Å². The molecule has 2 amide bonds. The first-order valence-corrected chi connectivity index (χ1v) is 19.6. The van der Waals surface area contributed by atoms with Gasteiger partial charge in [-0.15, -0.1) is 46.4 Å². The zero-order valence-electron chi connectivity index (χ0n) is 25.3. The quantitative estimate of drug-likeness (QED) is 0.0704. The lowest BCUT2D eigenvalue weighted by Crippen LogP contribution is -2.52. The molecular formula is C26H40Cl4N5O10PS. The molecule has 0 heterocycles. The Bertz CT molecular complexity index is 1290. The van der Waals surface area contributed by atoms with Crippen LogP contribution in [0.4, 0.5) is 0 Å². The molecule has 0 bridgehead atoms. The topological polar surface area (TPSA) is 226 Å². The Morgan fingerprint density at radius 2 is 1.43 bits per heavy atom. The van der Waals surface area contributed by atoms with Crippen molar-refractivity contribution in [1.29, 1.82) is 0 Å². The van der Waals surface area contributed by atoms with E-state index in [1.165, 1.54) is 21.5 Å². The predicted octanol–water partition coefficient (Wildman–Crippen LogP) is 1.70. The Kier molecular flexibility index (Phi) is 20.3. The Hall–Kier alpha value is -1.72. The monoisotopic (exact) mass is 785 g/mol. The number of hydrogen-bond donors (Lipinski definition) is 5. The number of nitrogens with two attached hydrogens (primary N) is 1. The number of carboxylic acids is 2. The molecule has 1 aromatic rings. The SMILES string of the molecule is N[C@@H](CCC(=O)NC(CS(=O)(=O)C(COP(=O)(N(CCCl)CCCl)N(CCCl)CCCl)c1ccccc1)C(=O)NCC(=O)O)C(=O)O. The van der Waals surface area contributed by atoms with Gasteiger partial charge in [-0.1, -0.05) is 30.3 Å². The summed E-state index contributed by atoms with van der Waals surface area (Å²) in [5, 5.41) is 20.7. The van der Waals surface area contributed by atoms with Crippen LogP contribution in [-0.2, 0) is 38.1 Å². The highest BCUT2D eigenvalue weighted by molar-refractivity contribution is 7.91. The van der Waals surface area contributed by atoms with Crippen LogP contribution in [-0.4, -0.2) is 132 Å². The van der Waals surface area contributed by atoms with Crippen LogP contribution in [0.15, 0.2) is 30.3 Å². The van der Waals surface area contributed by atoms with E-state index in [4.69, 9.17) is 66.9 Å². The molecular weight excluding hydrogens is 747 g/mol. The maximum atomic E-state index is 14.6. The van der Waals surface area contributed by atoms with Gasteiger partial charge in [0.15, 0.2) is 9.84 Å². The number of aliphatic carboxylic acids is 2. The standard InChI is InChI=1S/C26H40Cl4N5O10PS/c27-8-12-34(13-9-28)46(42,35(14-10-29)15-11-30)45-17-22(19-4-2-1-3-5-19)47(43,44)18-21(25(39)32-16-24(37)38)33-23(36)7-6-20(31)26(40)41/h1-5,20-22H,6-18,31H2,(H,32,39)(H,33,36)(H,37,38)(H,40,41)/t20-,21?,22?/m0/s1. The maximum Gasteiger partial charge on any atom is 0.346 e. The summed E-state index contributed by atoms with van der Waals surface area (Å²) in [5.41, 5.74) is 5.63. The molecule has 0 aliphatic carbocycles. The third-order valence-electron chi connectivity index (χ3n) is 6.55. The lowest BCUT2D eigenvalue weighted by molar-refractivity contribution is -0.139. The molecule has 0 radical (unpaired) electrons. The first-order chi connectivity index (χ1) is 22.2. The number of carbonyl (C=O) groups excluding carboxylic acids is 2. The van der Waals surface area contributed by atoms with Crippen LogP contribution in [0.2, 0.25) is 0 Å². The second kappa shape index (κ2) is 22.1. The molecule has 15 nitrogen and oxygen atoms in total. The molecule has 1 rings (SSSR count). The molecule has 0 fully saturated rings. The van der Waals surface area contributed by atoms with Crippen molar-refractivity contribution in [2.45, 2.75) is 30.2 Å². The normalized spacial score (nSPS) is 14.0. The number of halogens is 4. The second-order valence-corrected chi connectivity index (χ2v) is 16.0. The van der Waals surface area contributed by atoms with Gasteiger partial charge in [-0.05, 0) is 12.0 Å². The average Bonchev–Trinajstić information content (AvgIpc) is 3.02. The highest BCUT2D eigenvalue weighted by atomic mass is 35.5. The zero-order valence-corrected chi connectivity index (χ0v) is 30.0. The van der Waals surface area contributed by atoms with Crippen molar-refractivity contribution >= 4 is 87.7 Å². The fourth-order valence-corrected chi connectivity index (χ4v) is 9.80. The number of carbonyl (C=O) groups is 4. The lowest BCUT2D eigenvalue weighted by Gasteiger charge is -2.38. The molecule has 0 aromatic heterocycles. The predicted molar refractivity (Wildman–Crippen MR) is 180 cm³/mol. The van der Waals surface area contributed by atoms with Crippen molar-refractivity contribution < 1.29 is 46.9 Å². The minimum absolute atomic E-state index is 0.0322. The number of nitrogens with zero attached hydrogens (tertiary/aromatic N) is 2. The molecule has 47 heavy (non-hydrogen) atoms. The average molecular weight is 787 g/mol. The van der Waals surface area contributed by atoms with Crippen molar-refractivity contribution in [3.8, 4) is 0 Å². The number of sulfone groups is 1. The van der Waals surface area contributed by atoms with Gasteiger partial charge in [-0.25, -0.2) is 17.8 Å². The summed E-state index contributed by atoms with van der Waals surface area (Å²) < 4.78 is 51.5. The van der Waals surface area contributed by atoms with Gasteiger partial charge < -0.3 is 31.1 Å². The fraction of sp³-hybridized carbons (Fsp3) is 0.615. The summed E-state index contributed by atoms with van der Waals surface area (Å²) in [6.07, 6.45) is -0.798. The van der Waals surface area contributed by atoms with Crippen molar-refractivity contribution in [2.75, 3.05) is 68.6 Å². The number of hydrogen-bond acceptors (Lipinski definition) is 9. The third-order valence-corrected chi connectivity index (χ3v) is 12.0. The minimum Gasteiger partial charge on any atom is -0.480 e. The molecule has 0 aliphatic heterocycles. The fourth-order valence-electron chi connectivity index (χ4n) is 4.20. The maximum absolute atomic E-state index is 14.6. The number of rotatable bonds is 25. The van der Waals surface area contributed by atoms with E-state index in [1.54, 1.807) is 18.2 Å². The Morgan fingerprint density at radius 3 is 1.87 bits per heavy atom. The number of alkyl halides is 4. The number of benzene rings is 1. The van der Waals surface area contributed by atoms with Crippen molar-refractivity contribution in [3.05, 3.63) is 35.9 Å². The van der Waals surface area contributed by atoms with Gasteiger partial charge in [0.25, 0.3) is 0 Å². The number of nitrogens with one attached hydrogen (secondary N) is 2. The van der Waals surface area contributed by atoms with E-state index in [0.29, 0.717) is 0 Å². The van der Waals surface area contributed by atoms with Gasteiger partial charge in [-0.3, -0.25) is 23.7 Å². The summed E-state index contributed by atoms with van der Waals surface area (Å²) in [5.74, 6) is -5.74. The van der Waals surface area contributed by atoms with E-state index in [2.05, 4.69) is 5.32 Å². The van der Waals surface area contributed by atoms with Crippen LogP contribution < -0.4 is 16.4 Å². The highest BCUT2D eigenvalue weighted by Gasteiger charge is 2.41. The van der Waals surface area contributed by atoms with Crippen molar-refractivity contribution in [2.24, 2.45) is 5.73 Å². The molecule has 6 N–H and O–H groups in total. The van der Waals surface area contributed by atoms with Gasteiger partial charge in [-0.2, -0.15) is 0 Å². The van der Waals surface area contributed by atoms with Crippen molar-refractivity contribution in [1.82, 2.24) is 20.0 Å². The summed E-state index contributed by atoms with van der Waals surface area (Å²) in [6.45, 7) is -1.36.